The Labute approximate surface area is 144 Å². The van der Waals surface area contributed by atoms with Gasteiger partial charge in [0.05, 0.1) is 10.9 Å². The van der Waals surface area contributed by atoms with Crippen molar-refractivity contribution in [3.8, 4) is 0 Å². The summed E-state index contributed by atoms with van der Waals surface area (Å²) in [4.78, 5) is 12.5. The summed E-state index contributed by atoms with van der Waals surface area (Å²) in [6.07, 6.45) is 8.52. The molecular weight excluding hydrogens is 322 g/mol. The highest BCUT2D eigenvalue weighted by atomic mass is 32.2. The number of hydrogen-bond donors (Lipinski definition) is 1. The van der Waals surface area contributed by atoms with E-state index in [4.69, 9.17) is 0 Å². The molecule has 0 heterocycles. The maximum absolute atomic E-state index is 12.8. The van der Waals surface area contributed by atoms with Crippen LogP contribution in [0.2, 0.25) is 0 Å². The van der Waals surface area contributed by atoms with E-state index in [0.29, 0.717) is 12.0 Å². The van der Waals surface area contributed by atoms with Gasteiger partial charge in [-0.05, 0) is 44.2 Å². The topological polar surface area (TPSA) is 63.2 Å². The molecule has 1 unspecified atom stereocenters. The monoisotopic (exact) mass is 347 g/mol. The lowest BCUT2D eigenvalue weighted by molar-refractivity contribution is -0.115. The molecule has 0 amide bonds. The molecule has 0 radical (unpaired) electrons. The van der Waals surface area contributed by atoms with Gasteiger partial charge >= 0.3 is 0 Å². The maximum atomic E-state index is 12.8. The fraction of sp³-hybridized carbons (Fsp3) is 0.526. The first kappa shape index (κ1) is 17.4. The Balaban J connectivity index is 1.88. The third kappa shape index (κ3) is 3.78. The van der Waals surface area contributed by atoms with Gasteiger partial charge in [-0.25, -0.2) is 13.1 Å². The normalized spacial score (nSPS) is 20.9. The summed E-state index contributed by atoms with van der Waals surface area (Å²) in [5.74, 6) is 0.310. The predicted octanol–water partition coefficient (Wildman–Crippen LogP) is 3.51. The molecule has 0 spiro atoms. The van der Waals surface area contributed by atoms with E-state index in [2.05, 4.69) is 4.72 Å². The van der Waals surface area contributed by atoms with E-state index < -0.39 is 10.0 Å². The van der Waals surface area contributed by atoms with Crippen molar-refractivity contribution in [1.82, 2.24) is 4.72 Å². The predicted molar refractivity (Wildman–Crippen MR) is 94.2 cm³/mol. The summed E-state index contributed by atoms with van der Waals surface area (Å²) in [5.41, 5.74) is 1.70. The molecule has 130 valence electrons. The number of Topliss-reactive ketones (excluding diaryl/α,β-unsaturated/α-hetero) is 1. The van der Waals surface area contributed by atoms with Gasteiger partial charge in [0.15, 0.2) is 5.78 Å². The van der Waals surface area contributed by atoms with E-state index in [1.54, 1.807) is 24.3 Å². The van der Waals surface area contributed by atoms with Gasteiger partial charge < -0.3 is 0 Å². The third-order valence-electron chi connectivity index (χ3n) is 5.13. The van der Waals surface area contributed by atoms with Gasteiger partial charge in [-0.2, -0.15) is 0 Å². The van der Waals surface area contributed by atoms with Gasteiger partial charge in [0.1, 0.15) is 0 Å². The van der Waals surface area contributed by atoms with Crippen molar-refractivity contribution in [1.29, 1.82) is 0 Å². The molecule has 0 aliphatic heterocycles. The van der Waals surface area contributed by atoms with Gasteiger partial charge in [-0.15, -0.1) is 0 Å². The van der Waals surface area contributed by atoms with Crippen LogP contribution in [-0.2, 0) is 14.8 Å². The molecule has 0 aromatic heterocycles. The van der Waals surface area contributed by atoms with Crippen LogP contribution in [0.3, 0.4) is 0 Å². The fourth-order valence-corrected chi connectivity index (χ4v) is 5.04. The number of aryl methyl sites for hydroxylation is 1. The SMILES string of the molecule is Cc1ccc(S(=O)(=O)NC(C2=CCCC2=O)C2CCCCC2)cc1. The zero-order chi connectivity index (χ0) is 17.2. The minimum Gasteiger partial charge on any atom is -0.294 e. The highest BCUT2D eigenvalue weighted by Crippen LogP contribution is 2.33. The second-order valence-electron chi connectivity index (χ2n) is 6.93. The van der Waals surface area contributed by atoms with E-state index in [1.807, 2.05) is 13.0 Å². The summed E-state index contributed by atoms with van der Waals surface area (Å²) < 4.78 is 28.5. The van der Waals surface area contributed by atoms with E-state index in [9.17, 15) is 13.2 Å². The molecule has 1 aromatic carbocycles. The second-order valence-corrected chi connectivity index (χ2v) is 8.65. The van der Waals surface area contributed by atoms with Crippen LogP contribution in [0.1, 0.15) is 50.5 Å². The van der Waals surface area contributed by atoms with Crippen LogP contribution in [0.15, 0.2) is 40.8 Å². The first-order valence-corrected chi connectivity index (χ1v) is 10.3. The summed E-state index contributed by atoms with van der Waals surface area (Å²) in [7, 11) is -3.63. The van der Waals surface area contributed by atoms with Gasteiger partial charge in [-0.1, -0.05) is 43.0 Å². The quantitative estimate of drug-likeness (QED) is 0.886. The Bertz CT molecular complexity index is 728. The van der Waals surface area contributed by atoms with Gasteiger partial charge in [0, 0.05) is 12.0 Å². The highest BCUT2D eigenvalue weighted by Gasteiger charge is 2.34. The minimum absolute atomic E-state index is 0.0946. The number of rotatable bonds is 5. The van der Waals surface area contributed by atoms with Crippen molar-refractivity contribution in [2.24, 2.45) is 5.92 Å². The van der Waals surface area contributed by atoms with Crippen molar-refractivity contribution < 1.29 is 13.2 Å². The number of carbonyl (C=O) groups excluding carboxylic acids is 1. The molecule has 3 rings (SSSR count). The summed E-state index contributed by atoms with van der Waals surface area (Å²) in [5, 5.41) is 0. The molecule has 0 bridgehead atoms. The van der Waals surface area contributed by atoms with Crippen LogP contribution >= 0.6 is 0 Å². The molecule has 24 heavy (non-hydrogen) atoms. The molecule has 4 nitrogen and oxygen atoms in total. The molecule has 1 atom stereocenters. The number of ketones is 1. The molecule has 1 aromatic rings. The molecule has 2 aliphatic rings. The number of allylic oxidation sites excluding steroid dienone is 1. The Kier molecular flexibility index (Phi) is 5.21. The standard InChI is InChI=1S/C19H25NO3S/c1-14-10-12-16(13-11-14)24(22,23)20-19(15-6-3-2-4-7-15)17-8-5-9-18(17)21/h8,10-13,15,19-20H,2-7,9H2,1H3. The lowest BCUT2D eigenvalue weighted by Gasteiger charge is -2.31. The molecule has 1 fully saturated rings. The van der Waals surface area contributed by atoms with Crippen LogP contribution in [0.25, 0.3) is 0 Å². The summed E-state index contributed by atoms with van der Waals surface area (Å²) in [6, 6.07) is 6.46. The first-order valence-electron chi connectivity index (χ1n) is 8.79. The lowest BCUT2D eigenvalue weighted by Crippen LogP contribution is -2.43. The average Bonchev–Trinajstić information content (AvgIpc) is 3.00. The molecule has 0 saturated heterocycles. The van der Waals surface area contributed by atoms with Crippen LogP contribution in [0.4, 0.5) is 0 Å². The van der Waals surface area contributed by atoms with Crippen LogP contribution in [0, 0.1) is 12.8 Å². The van der Waals surface area contributed by atoms with Crippen molar-refractivity contribution in [2.45, 2.75) is 62.8 Å². The van der Waals surface area contributed by atoms with Crippen LogP contribution in [0.5, 0.6) is 0 Å². The van der Waals surface area contributed by atoms with Gasteiger partial charge in [-0.3, -0.25) is 4.79 Å². The van der Waals surface area contributed by atoms with Gasteiger partial charge in [0.25, 0.3) is 0 Å². The number of benzene rings is 1. The van der Waals surface area contributed by atoms with Crippen LogP contribution in [-0.4, -0.2) is 20.2 Å². The molecule has 5 heteroatoms. The highest BCUT2D eigenvalue weighted by molar-refractivity contribution is 7.89. The first-order chi connectivity index (χ1) is 11.5. The second kappa shape index (κ2) is 7.19. The lowest BCUT2D eigenvalue weighted by atomic mass is 9.81. The Hall–Kier alpha value is -1.46. The Morgan fingerprint density at radius 2 is 1.75 bits per heavy atom. The van der Waals surface area contributed by atoms with E-state index in [-0.39, 0.29) is 22.6 Å². The van der Waals surface area contributed by atoms with E-state index >= 15 is 0 Å². The summed E-state index contributed by atoms with van der Waals surface area (Å²) >= 11 is 0. The number of sulfonamides is 1. The van der Waals surface area contributed by atoms with E-state index in [1.165, 1.54) is 6.42 Å². The van der Waals surface area contributed by atoms with Crippen LogP contribution < -0.4 is 4.72 Å². The summed E-state index contributed by atoms with van der Waals surface area (Å²) in [6.45, 7) is 1.93. The maximum Gasteiger partial charge on any atom is 0.241 e. The minimum atomic E-state index is -3.63. The molecule has 2 aliphatic carbocycles. The smallest absolute Gasteiger partial charge is 0.241 e. The van der Waals surface area contributed by atoms with Crippen molar-refractivity contribution in [2.75, 3.05) is 0 Å². The Morgan fingerprint density at radius 1 is 1.08 bits per heavy atom. The fourth-order valence-electron chi connectivity index (χ4n) is 3.75. The average molecular weight is 347 g/mol. The molecular formula is C19H25NO3S. The van der Waals surface area contributed by atoms with Crippen molar-refractivity contribution in [3.63, 3.8) is 0 Å². The Morgan fingerprint density at radius 3 is 2.33 bits per heavy atom. The molecule has 1 N–H and O–H groups in total. The number of carbonyl (C=O) groups is 1. The number of nitrogens with one attached hydrogen (secondary N) is 1. The van der Waals surface area contributed by atoms with Crippen molar-refractivity contribution >= 4 is 15.8 Å². The number of hydrogen-bond acceptors (Lipinski definition) is 3. The van der Waals surface area contributed by atoms with Crippen molar-refractivity contribution in [3.05, 3.63) is 41.5 Å². The zero-order valence-electron chi connectivity index (χ0n) is 14.1. The third-order valence-corrected chi connectivity index (χ3v) is 6.58. The molecule has 1 saturated carbocycles. The zero-order valence-corrected chi connectivity index (χ0v) is 14.9. The largest absolute Gasteiger partial charge is 0.294 e. The van der Waals surface area contributed by atoms with Gasteiger partial charge in [0.2, 0.25) is 10.0 Å². The van der Waals surface area contributed by atoms with E-state index in [0.717, 1.165) is 37.7 Å².